The Balaban J connectivity index is 2.56. The molecule has 0 saturated carbocycles. The first kappa shape index (κ1) is 13.2. The van der Waals surface area contributed by atoms with Crippen molar-refractivity contribution in [3.8, 4) is 0 Å². The van der Waals surface area contributed by atoms with Crippen molar-refractivity contribution in [1.29, 1.82) is 0 Å². The lowest BCUT2D eigenvalue weighted by Crippen LogP contribution is -2.44. The summed E-state index contributed by atoms with van der Waals surface area (Å²) in [5.41, 5.74) is 0.597. The third-order valence-corrected chi connectivity index (χ3v) is 3.29. The van der Waals surface area contributed by atoms with Crippen LogP contribution >= 0.6 is 0 Å². The van der Waals surface area contributed by atoms with Crippen molar-refractivity contribution < 1.29 is 9.53 Å². The highest BCUT2D eigenvalue weighted by Crippen LogP contribution is 2.24. The normalized spacial score (nSPS) is 22.1. The summed E-state index contributed by atoms with van der Waals surface area (Å²) in [7, 11) is 1.41. The van der Waals surface area contributed by atoms with Crippen LogP contribution in [0.15, 0.2) is 12.2 Å². The summed E-state index contributed by atoms with van der Waals surface area (Å²) in [6.45, 7) is 9.36. The lowest BCUT2D eigenvalue weighted by molar-refractivity contribution is -0.136. The fourth-order valence-electron chi connectivity index (χ4n) is 2.43. The molecule has 1 unspecified atom stereocenters. The van der Waals surface area contributed by atoms with Gasteiger partial charge in [0.25, 0.3) is 0 Å². The van der Waals surface area contributed by atoms with Gasteiger partial charge < -0.3 is 4.74 Å². The molecule has 0 aromatic heterocycles. The van der Waals surface area contributed by atoms with Crippen LogP contribution in [0.1, 0.15) is 39.5 Å². The minimum Gasteiger partial charge on any atom is -0.466 e. The van der Waals surface area contributed by atoms with Gasteiger partial charge in [0.2, 0.25) is 0 Å². The van der Waals surface area contributed by atoms with Crippen molar-refractivity contribution >= 4 is 5.97 Å². The van der Waals surface area contributed by atoms with E-state index in [2.05, 4.69) is 25.3 Å². The zero-order chi connectivity index (χ0) is 12.1. The first-order valence-corrected chi connectivity index (χ1v) is 6.08. The van der Waals surface area contributed by atoms with Crippen LogP contribution in [-0.2, 0) is 9.53 Å². The van der Waals surface area contributed by atoms with Crippen LogP contribution in [0.5, 0.6) is 0 Å². The Morgan fingerprint density at radius 3 is 2.75 bits per heavy atom. The average molecular weight is 225 g/mol. The van der Waals surface area contributed by atoms with Gasteiger partial charge >= 0.3 is 5.97 Å². The molecule has 3 nitrogen and oxygen atoms in total. The third-order valence-electron chi connectivity index (χ3n) is 3.29. The molecular formula is C13H23NO2. The van der Waals surface area contributed by atoms with Gasteiger partial charge in [-0.2, -0.15) is 0 Å². The number of carbonyl (C=O) groups is 1. The van der Waals surface area contributed by atoms with Gasteiger partial charge in [-0.15, -0.1) is 0 Å². The lowest BCUT2D eigenvalue weighted by Gasteiger charge is -2.38. The summed E-state index contributed by atoms with van der Waals surface area (Å²) in [4.78, 5) is 13.8. The first-order valence-electron chi connectivity index (χ1n) is 6.08. The fourth-order valence-corrected chi connectivity index (χ4v) is 2.43. The van der Waals surface area contributed by atoms with Crippen LogP contribution in [0.3, 0.4) is 0 Å². The smallest absolute Gasteiger partial charge is 0.333 e. The second-order valence-corrected chi connectivity index (χ2v) is 4.78. The Bertz CT molecular complexity index is 261. The van der Waals surface area contributed by atoms with E-state index in [-0.39, 0.29) is 5.97 Å². The van der Waals surface area contributed by atoms with Crippen LogP contribution in [0.2, 0.25) is 0 Å². The van der Waals surface area contributed by atoms with Crippen molar-refractivity contribution in [3.63, 3.8) is 0 Å². The minimum absolute atomic E-state index is 0.269. The fraction of sp³-hybridized carbons (Fsp3) is 0.769. The van der Waals surface area contributed by atoms with Gasteiger partial charge in [-0.25, -0.2) is 4.79 Å². The van der Waals surface area contributed by atoms with Gasteiger partial charge in [-0.05, 0) is 39.7 Å². The molecule has 1 atom stereocenters. The summed E-state index contributed by atoms with van der Waals surface area (Å²) in [6, 6.07) is 0.996. The minimum atomic E-state index is -0.269. The first-order chi connectivity index (χ1) is 7.56. The van der Waals surface area contributed by atoms with E-state index in [1.165, 1.54) is 20.0 Å². The maximum Gasteiger partial charge on any atom is 0.333 e. The predicted molar refractivity (Wildman–Crippen MR) is 65.3 cm³/mol. The van der Waals surface area contributed by atoms with E-state index in [0.717, 1.165) is 19.4 Å². The Labute approximate surface area is 98.5 Å². The van der Waals surface area contributed by atoms with Crippen LogP contribution in [0.25, 0.3) is 0 Å². The molecule has 0 radical (unpaired) electrons. The summed E-state index contributed by atoms with van der Waals surface area (Å²) < 4.78 is 4.69. The molecule has 0 bridgehead atoms. The number of methoxy groups -OCH3 is 1. The molecule has 0 N–H and O–H groups in total. The van der Waals surface area contributed by atoms with E-state index in [0.29, 0.717) is 17.7 Å². The van der Waals surface area contributed by atoms with Crippen molar-refractivity contribution in [2.75, 3.05) is 13.7 Å². The van der Waals surface area contributed by atoms with Crippen molar-refractivity contribution in [2.24, 2.45) is 0 Å². The SMILES string of the molecule is C=C(CC1CCCCN1C(C)C)C(=O)OC. The molecule has 1 heterocycles. The maximum absolute atomic E-state index is 11.3. The topological polar surface area (TPSA) is 29.5 Å². The third kappa shape index (κ3) is 3.34. The van der Waals surface area contributed by atoms with Gasteiger partial charge in [0.1, 0.15) is 0 Å². The Hall–Kier alpha value is -0.830. The summed E-state index contributed by atoms with van der Waals surface area (Å²) in [5, 5.41) is 0. The largest absolute Gasteiger partial charge is 0.466 e. The summed E-state index contributed by atoms with van der Waals surface area (Å²) in [6.07, 6.45) is 4.42. The Morgan fingerprint density at radius 2 is 2.19 bits per heavy atom. The molecule has 16 heavy (non-hydrogen) atoms. The molecule has 0 aromatic carbocycles. The van der Waals surface area contributed by atoms with Gasteiger partial charge in [0.05, 0.1) is 7.11 Å². The molecule has 92 valence electrons. The summed E-state index contributed by atoms with van der Waals surface area (Å²) >= 11 is 0. The number of ether oxygens (including phenoxy) is 1. The number of hydrogen-bond donors (Lipinski definition) is 0. The number of hydrogen-bond acceptors (Lipinski definition) is 3. The zero-order valence-corrected chi connectivity index (χ0v) is 10.7. The Kier molecular flexibility index (Phi) is 5.00. The van der Waals surface area contributed by atoms with Gasteiger partial charge in [-0.1, -0.05) is 13.0 Å². The molecule has 0 spiro atoms. The molecule has 0 amide bonds. The van der Waals surface area contributed by atoms with Crippen LogP contribution in [-0.4, -0.2) is 36.6 Å². The van der Waals surface area contributed by atoms with Crippen molar-refractivity contribution in [3.05, 3.63) is 12.2 Å². The number of carbonyl (C=O) groups excluding carboxylic acids is 1. The lowest BCUT2D eigenvalue weighted by atomic mass is 9.95. The number of rotatable bonds is 4. The molecule has 0 aromatic rings. The molecule has 0 aliphatic carbocycles. The van der Waals surface area contributed by atoms with Crippen molar-refractivity contribution in [2.45, 2.75) is 51.6 Å². The molecule has 1 saturated heterocycles. The molecule has 1 aliphatic rings. The highest BCUT2D eigenvalue weighted by atomic mass is 16.5. The van der Waals surface area contributed by atoms with Gasteiger partial charge in [0.15, 0.2) is 0 Å². The van der Waals surface area contributed by atoms with Gasteiger partial charge in [-0.3, -0.25) is 4.90 Å². The van der Waals surface area contributed by atoms with Crippen molar-refractivity contribution in [1.82, 2.24) is 4.90 Å². The van der Waals surface area contributed by atoms with E-state index in [1.807, 2.05) is 0 Å². The second-order valence-electron chi connectivity index (χ2n) is 4.78. The quantitative estimate of drug-likeness (QED) is 0.543. The monoisotopic (exact) mass is 225 g/mol. The highest BCUT2D eigenvalue weighted by Gasteiger charge is 2.26. The van der Waals surface area contributed by atoms with E-state index in [9.17, 15) is 4.79 Å². The molecule has 1 rings (SSSR count). The van der Waals surface area contributed by atoms with Crippen LogP contribution in [0.4, 0.5) is 0 Å². The number of esters is 1. The van der Waals surface area contributed by atoms with Crippen LogP contribution < -0.4 is 0 Å². The number of likely N-dealkylation sites (tertiary alicyclic amines) is 1. The average Bonchev–Trinajstić information content (AvgIpc) is 2.28. The van der Waals surface area contributed by atoms with E-state index in [4.69, 9.17) is 4.74 Å². The second kappa shape index (κ2) is 6.04. The van der Waals surface area contributed by atoms with E-state index >= 15 is 0 Å². The van der Waals surface area contributed by atoms with E-state index in [1.54, 1.807) is 0 Å². The number of nitrogens with zero attached hydrogens (tertiary/aromatic N) is 1. The standard InChI is InChI=1S/C13H23NO2/c1-10(2)14-8-6-5-7-12(14)9-11(3)13(15)16-4/h10,12H,3,5-9H2,1-2,4H3. The molecule has 1 aliphatic heterocycles. The highest BCUT2D eigenvalue weighted by molar-refractivity contribution is 5.87. The van der Waals surface area contributed by atoms with Crippen LogP contribution in [0, 0.1) is 0 Å². The summed E-state index contributed by atoms with van der Waals surface area (Å²) in [5.74, 6) is -0.269. The molecule has 3 heteroatoms. The maximum atomic E-state index is 11.3. The molecular weight excluding hydrogens is 202 g/mol. The zero-order valence-electron chi connectivity index (χ0n) is 10.7. The van der Waals surface area contributed by atoms with Gasteiger partial charge in [0, 0.05) is 17.7 Å². The molecule has 1 fully saturated rings. The predicted octanol–water partition coefficient (Wildman–Crippen LogP) is 2.37. The Morgan fingerprint density at radius 1 is 1.50 bits per heavy atom. The number of piperidine rings is 1. The van der Waals surface area contributed by atoms with E-state index < -0.39 is 0 Å².